The highest BCUT2D eigenvalue weighted by Gasteiger charge is 2.30. The fraction of sp³-hybridized carbons (Fsp3) is 0.951. The zero-order valence-corrected chi connectivity index (χ0v) is 67.6. The van der Waals surface area contributed by atoms with Gasteiger partial charge in [0.1, 0.15) is 19.3 Å². The van der Waals surface area contributed by atoms with Gasteiger partial charge < -0.3 is 33.8 Å². The second-order valence-corrected chi connectivity index (χ2v) is 33.7. The molecule has 0 bridgehead atoms. The van der Waals surface area contributed by atoms with Crippen LogP contribution in [0.15, 0.2) is 0 Å². The van der Waals surface area contributed by atoms with E-state index in [1.54, 1.807) is 0 Å². The summed E-state index contributed by atoms with van der Waals surface area (Å²) in [6, 6.07) is 0. The maximum absolute atomic E-state index is 13.1. The van der Waals surface area contributed by atoms with Gasteiger partial charge in [-0.25, -0.2) is 9.13 Å². The molecule has 0 amide bonds. The first-order chi connectivity index (χ1) is 48.1. The van der Waals surface area contributed by atoms with Crippen LogP contribution in [0.2, 0.25) is 0 Å². The molecule has 0 heterocycles. The molecule has 0 aliphatic heterocycles. The lowest BCUT2D eigenvalue weighted by atomic mass is 9.99. The first-order valence-electron chi connectivity index (χ1n) is 41.7. The van der Waals surface area contributed by atoms with E-state index < -0.39 is 97.5 Å². The lowest BCUT2D eigenvalue weighted by molar-refractivity contribution is -0.161. The van der Waals surface area contributed by atoms with Crippen LogP contribution in [0.25, 0.3) is 0 Å². The standard InChI is InChI=1S/C81H158O17P2/c1-9-74(8)60-52-44-35-29-25-21-17-12-10-11-13-18-22-26-30-36-45-53-61-78(83)91-67-76(98-81(86)64-56-48-38-32-34-42-50-58-72(4)5)69-95-99(87,88)93-65-75(82)66-94-100(89,90)96-70-77(68-92-79(84)62-54-46-40-39-43-51-59-73(6)7)97-80(85)63-55-47-37-31-27-23-19-15-14-16-20-24-28-33-41-49-57-71(2)3/h71-77,82H,9-70H2,1-8H3,(H,87,88)(H,89,90)/t74?,75?,76-,77-/m1/s1. The third kappa shape index (κ3) is 73.0. The summed E-state index contributed by atoms with van der Waals surface area (Å²) in [5, 5.41) is 10.6. The van der Waals surface area contributed by atoms with Gasteiger partial charge in [0.05, 0.1) is 26.4 Å². The number of aliphatic hydroxyl groups excluding tert-OH is 1. The quantitative estimate of drug-likeness (QED) is 0.0222. The van der Waals surface area contributed by atoms with E-state index in [4.69, 9.17) is 37.0 Å². The molecule has 0 radical (unpaired) electrons. The highest BCUT2D eigenvalue weighted by molar-refractivity contribution is 7.47. The van der Waals surface area contributed by atoms with E-state index in [2.05, 4.69) is 55.4 Å². The van der Waals surface area contributed by atoms with Crippen molar-refractivity contribution in [1.82, 2.24) is 0 Å². The van der Waals surface area contributed by atoms with E-state index in [0.717, 1.165) is 108 Å². The maximum atomic E-state index is 13.1. The van der Waals surface area contributed by atoms with Crippen molar-refractivity contribution in [3.05, 3.63) is 0 Å². The Morgan fingerprint density at radius 1 is 0.280 bits per heavy atom. The summed E-state index contributed by atoms with van der Waals surface area (Å²) in [7, 11) is -9.92. The minimum absolute atomic E-state index is 0.104. The van der Waals surface area contributed by atoms with Crippen molar-refractivity contribution in [2.75, 3.05) is 39.6 Å². The number of aliphatic hydroxyl groups is 1. The van der Waals surface area contributed by atoms with Crippen molar-refractivity contribution in [1.29, 1.82) is 0 Å². The van der Waals surface area contributed by atoms with Crippen molar-refractivity contribution in [3.63, 3.8) is 0 Å². The topological polar surface area (TPSA) is 237 Å². The molecule has 0 saturated carbocycles. The predicted octanol–water partition coefficient (Wildman–Crippen LogP) is 24.0. The monoisotopic (exact) mass is 1470 g/mol. The molecule has 4 unspecified atom stereocenters. The summed E-state index contributed by atoms with van der Waals surface area (Å²) < 4.78 is 68.6. The number of rotatable bonds is 78. The Kier molecular flexibility index (Phi) is 68.7. The molecule has 100 heavy (non-hydrogen) atoms. The zero-order chi connectivity index (χ0) is 73.8. The van der Waals surface area contributed by atoms with Crippen molar-refractivity contribution in [2.45, 2.75) is 433 Å². The smallest absolute Gasteiger partial charge is 0.462 e. The first-order valence-corrected chi connectivity index (χ1v) is 44.7. The number of esters is 4. The van der Waals surface area contributed by atoms with Crippen molar-refractivity contribution in [2.24, 2.45) is 23.7 Å². The molecule has 19 heteroatoms. The number of carbonyl (C=O) groups is 4. The lowest BCUT2D eigenvalue weighted by Gasteiger charge is -2.21. The number of unbranched alkanes of at least 4 members (excludes halogenated alkanes) is 43. The van der Waals surface area contributed by atoms with Gasteiger partial charge in [-0.05, 0) is 49.4 Å². The normalized spacial score (nSPS) is 14.3. The second-order valence-electron chi connectivity index (χ2n) is 30.8. The average molecular weight is 1470 g/mol. The van der Waals surface area contributed by atoms with Gasteiger partial charge in [-0.1, -0.05) is 364 Å². The van der Waals surface area contributed by atoms with Crippen molar-refractivity contribution < 1.29 is 80.2 Å². The van der Waals surface area contributed by atoms with Gasteiger partial charge in [0, 0.05) is 25.7 Å². The molecule has 0 aromatic rings. The third-order valence-corrected chi connectivity index (χ3v) is 21.1. The molecule has 594 valence electrons. The van der Waals surface area contributed by atoms with Crippen LogP contribution in [0.3, 0.4) is 0 Å². The van der Waals surface area contributed by atoms with Crippen molar-refractivity contribution in [3.8, 4) is 0 Å². The molecule has 0 aliphatic rings. The minimum Gasteiger partial charge on any atom is -0.462 e. The van der Waals surface area contributed by atoms with Crippen molar-refractivity contribution >= 4 is 39.5 Å². The van der Waals surface area contributed by atoms with E-state index in [1.165, 1.54) is 212 Å². The van der Waals surface area contributed by atoms with Crippen LogP contribution in [0.1, 0.15) is 415 Å². The number of ether oxygens (including phenoxy) is 4. The molecule has 0 fully saturated rings. The Morgan fingerprint density at radius 3 is 0.710 bits per heavy atom. The Morgan fingerprint density at radius 2 is 0.480 bits per heavy atom. The first kappa shape index (κ1) is 98.1. The number of phosphoric ester groups is 2. The molecule has 0 saturated heterocycles. The Bertz CT molecular complexity index is 1960. The number of carbonyl (C=O) groups excluding carboxylic acids is 4. The molecule has 0 spiro atoms. The summed E-state index contributed by atoms with van der Waals surface area (Å²) in [6.45, 7) is 14.2. The van der Waals surface area contributed by atoms with Crippen LogP contribution in [0, 0.1) is 23.7 Å². The summed E-state index contributed by atoms with van der Waals surface area (Å²) >= 11 is 0. The largest absolute Gasteiger partial charge is 0.472 e. The van der Waals surface area contributed by atoms with E-state index >= 15 is 0 Å². The van der Waals surface area contributed by atoms with Crippen LogP contribution < -0.4 is 0 Å². The van der Waals surface area contributed by atoms with Gasteiger partial charge in [0.2, 0.25) is 0 Å². The van der Waals surface area contributed by atoms with E-state index in [-0.39, 0.29) is 25.7 Å². The van der Waals surface area contributed by atoms with E-state index in [1.807, 2.05) is 0 Å². The molecule has 0 rings (SSSR count). The Hall–Kier alpha value is -1.94. The summed E-state index contributed by atoms with van der Waals surface area (Å²) in [5.74, 6) is 0.938. The minimum atomic E-state index is -4.96. The van der Waals surface area contributed by atoms with Crippen LogP contribution >= 0.6 is 15.6 Å². The summed E-state index contributed by atoms with van der Waals surface area (Å²) in [5.41, 5.74) is 0. The fourth-order valence-electron chi connectivity index (χ4n) is 12.4. The number of hydrogen-bond acceptors (Lipinski definition) is 15. The summed E-state index contributed by atoms with van der Waals surface area (Å²) in [6.07, 6.45) is 57.3. The maximum Gasteiger partial charge on any atom is 0.472 e. The Balaban J connectivity index is 5.10. The molecular formula is C81H158O17P2. The predicted molar refractivity (Wildman–Crippen MR) is 409 cm³/mol. The van der Waals surface area contributed by atoms with Gasteiger partial charge in [-0.2, -0.15) is 0 Å². The fourth-order valence-corrected chi connectivity index (χ4v) is 14.0. The van der Waals surface area contributed by atoms with Gasteiger partial charge in [0.15, 0.2) is 12.2 Å². The molecular weight excluding hydrogens is 1310 g/mol. The Labute approximate surface area is 613 Å². The molecule has 0 aromatic carbocycles. The molecule has 17 nitrogen and oxygen atoms in total. The highest BCUT2D eigenvalue weighted by Crippen LogP contribution is 2.45. The third-order valence-electron chi connectivity index (χ3n) is 19.2. The van der Waals surface area contributed by atoms with Gasteiger partial charge >= 0.3 is 39.5 Å². The van der Waals surface area contributed by atoms with Crippen LogP contribution in [0.5, 0.6) is 0 Å². The number of phosphoric acid groups is 2. The molecule has 6 atom stereocenters. The van der Waals surface area contributed by atoms with E-state index in [0.29, 0.717) is 37.5 Å². The molecule has 3 N–H and O–H groups in total. The lowest BCUT2D eigenvalue weighted by Crippen LogP contribution is -2.30. The summed E-state index contributed by atoms with van der Waals surface area (Å²) in [4.78, 5) is 72.9. The zero-order valence-electron chi connectivity index (χ0n) is 65.8. The van der Waals surface area contributed by atoms with Gasteiger partial charge in [0.25, 0.3) is 0 Å². The molecule has 0 aliphatic carbocycles. The van der Waals surface area contributed by atoms with Gasteiger partial charge in [-0.3, -0.25) is 37.3 Å². The van der Waals surface area contributed by atoms with Crippen LogP contribution in [-0.4, -0.2) is 96.7 Å². The SMILES string of the molecule is CCC(C)CCCCCCCCCCCCCCCCCCCCC(=O)OC[C@H](COP(=O)(O)OCC(O)COP(=O)(O)OC[C@@H](COC(=O)CCCCCCCCC(C)C)OC(=O)CCCCCCCCCCCCCCCCCCC(C)C)OC(=O)CCCCCCCCCC(C)C. The molecule has 0 aromatic heterocycles. The van der Waals surface area contributed by atoms with Crippen LogP contribution in [0.4, 0.5) is 0 Å². The highest BCUT2D eigenvalue weighted by atomic mass is 31.2. The van der Waals surface area contributed by atoms with Gasteiger partial charge in [-0.15, -0.1) is 0 Å². The van der Waals surface area contributed by atoms with E-state index in [9.17, 15) is 43.2 Å². The second kappa shape index (κ2) is 70.1. The average Bonchev–Trinajstić information content (AvgIpc) is 0.922. The van der Waals surface area contributed by atoms with Crippen LogP contribution in [-0.2, 0) is 65.4 Å². The number of hydrogen-bond donors (Lipinski definition) is 3.